The SMILES string of the molecule is COc1cccc(N(C)c2ccc(C)cc2CCl)c1. The second-order valence-electron chi connectivity index (χ2n) is 4.53. The van der Waals surface area contributed by atoms with Crippen molar-refractivity contribution >= 4 is 23.0 Å². The predicted molar refractivity (Wildman–Crippen MR) is 81.8 cm³/mol. The van der Waals surface area contributed by atoms with Gasteiger partial charge in [0.1, 0.15) is 5.75 Å². The Morgan fingerprint density at radius 2 is 1.95 bits per heavy atom. The van der Waals surface area contributed by atoms with E-state index in [1.165, 1.54) is 5.56 Å². The van der Waals surface area contributed by atoms with E-state index in [0.29, 0.717) is 5.88 Å². The maximum atomic E-state index is 6.04. The van der Waals surface area contributed by atoms with Gasteiger partial charge in [0.25, 0.3) is 0 Å². The fourth-order valence-corrected chi connectivity index (χ4v) is 2.32. The molecule has 0 atom stereocenters. The van der Waals surface area contributed by atoms with Crippen LogP contribution in [0.1, 0.15) is 11.1 Å². The summed E-state index contributed by atoms with van der Waals surface area (Å²) in [6, 6.07) is 14.3. The number of hydrogen-bond donors (Lipinski definition) is 0. The Kier molecular flexibility index (Phi) is 4.33. The molecule has 0 aliphatic heterocycles. The van der Waals surface area contributed by atoms with Gasteiger partial charge < -0.3 is 9.64 Å². The summed E-state index contributed by atoms with van der Waals surface area (Å²) in [5.41, 5.74) is 4.55. The number of benzene rings is 2. The summed E-state index contributed by atoms with van der Waals surface area (Å²) < 4.78 is 5.26. The van der Waals surface area contributed by atoms with Gasteiger partial charge in [-0.25, -0.2) is 0 Å². The smallest absolute Gasteiger partial charge is 0.120 e. The van der Waals surface area contributed by atoms with Crippen LogP contribution in [0.2, 0.25) is 0 Å². The van der Waals surface area contributed by atoms with E-state index in [0.717, 1.165) is 22.7 Å². The summed E-state index contributed by atoms with van der Waals surface area (Å²) in [6.45, 7) is 2.07. The molecular weight excluding hydrogens is 258 g/mol. The van der Waals surface area contributed by atoms with Crippen LogP contribution < -0.4 is 9.64 Å². The maximum absolute atomic E-state index is 6.04. The van der Waals surface area contributed by atoms with E-state index >= 15 is 0 Å². The van der Waals surface area contributed by atoms with E-state index in [4.69, 9.17) is 16.3 Å². The van der Waals surface area contributed by atoms with Crippen molar-refractivity contribution in [3.63, 3.8) is 0 Å². The summed E-state index contributed by atoms with van der Waals surface area (Å²) in [4.78, 5) is 2.12. The highest BCUT2D eigenvalue weighted by Gasteiger charge is 2.09. The molecule has 0 amide bonds. The van der Waals surface area contributed by atoms with Crippen molar-refractivity contribution in [2.45, 2.75) is 12.8 Å². The molecule has 0 N–H and O–H groups in total. The monoisotopic (exact) mass is 275 g/mol. The highest BCUT2D eigenvalue weighted by Crippen LogP contribution is 2.30. The molecule has 0 fully saturated rings. The first-order valence-electron chi connectivity index (χ1n) is 6.19. The van der Waals surface area contributed by atoms with Gasteiger partial charge in [0.2, 0.25) is 0 Å². The van der Waals surface area contributed by atoms with Gasteiger partial charge in [-0.2, -0.15) is 0 Å². The Morgan fingerprint density at radius 1 is 1.16 bits per heavy atom. The lowest BCUT2D eigenvalue weighted by atomic mass is 10.1. The quantitative estimate of drug-likeness (QED) is 0.761. The van der Waals surface area contributed by atoms with Crippen LogP contribution in [0.3, 0.4) is 0 Å². The number of aryl methyl sites for hydroxylation is 1. The Hall–Kier alpha value is -1.67. The average Bonchev–Trinajstić information content (AvgIpc) is 2.46. The first-order chi connectivity index (χ1) is 9.15. The predicted octanol–water partition coefficient (Wildman–Crippen LogP) is 4.51. The van der Waals surface area contributed by atoms with Gasteiger partial charge in [-0.1, -0.05) is 23.8 Å². The van der Waals surface area contributed by atoms with Crippen molar-refractivity contribution in [1.29, 1.82) is 0 Å². The zero-order valence-corrected chi connectivity index (χ0v) is 12.2. The number of ether oxygens (including phenoxy) is 1. The highest BCUT2D eigenvalue weighted by atomic mass is 35.5. The molecule has 0 saturated heterocycles. The van der Waals surface area contributed by atoms with Crippen LogP contribution in [-0.4, -0.2) is 14.2 Å². The standard InChI is InChI=1S/C16H18ClNO/c1-12-7-8-16(13(9-12)11-17)18(2)14-5-4-6-15(10-14)19-3/h4-10H,11H2,1-3H3. The summed E-state index contributed by atoms with van der Waals surface area (Å²) in [5, 5.41) is 0. The number of nitrogens with zero attached hydrogens (tertiary/aromatic N) is 1. The van der Waals surface area contributed by atoms with Gasteiger partial charge in [-0.3, -0.25) is 0 Å². The molecule has 2 aromatic carbocycles. The van der Waals surface area contributed by atoms with Crippen molar-refractivity contribution in [1.82, 2.24) is 0 Å². The third-order valence-electron chi connectivity index (χ3n) is 3.18. The highest BCUT2D eigenvalue weighted by molar-refractivity contribution is 6.17. The van der Waals surface area contributed by atoms with Crippen molar-refractivity contribution in [3.8, 4) is 5.75 Å². The van der Waals surface area contributed by atoms with Crippen molar-refractivity contribution < 1.29 is 4.74 Å². The molecule has 19 heavy (non-hydrogen) atoms. The summed E-state index contributed by atoms with van der Waals surface area (Å²) >= 11 is 6.04. The number of halogens is 1. The van der Waals surface area contributed by atoms with Gasteiger partial charge in [-0.05, 0) is 30.7 Å². The largest absolute Gasteiger partial charge is 0.497 e. The number of alkyl halides is 1. The van der Waals surface area contributed by atoms with Gasteiger partial charge in [0.15, 0.2) is 0 Å². The fraction of sp³-hybridized carbons (Fsp3) is 0.250. The molecule has 0 unspecified atom stereocenters. The van der Waals surface area contributed by atoms with E-state index < -0.39 is 0 Å². The third-order valence-corrected chi connectivity index (χ3v) is 3.47. The molecule has 0 aliphatic carbocycles. The number of anilines is 2. The Balaban J connectivity index is 2.40. The van der Waals surface area contributed by atoms with Gasteiger partial charge >= 0.3 is 0 Å². The summed E-state index contributed by atoms with van der Waals surface area (Å²) in [7, 11) is 3.71. The lowest BCUT2D eigenvalue weighted by molar-refractivity contribution is 0.415. The second kappa shape index (κ2) is 5.98. The first kappa shape index (κ1) is 13.8. The molecule has 2 rings (SSSR count). The van der Waals surface area contributed by atoms with Crippen LogP contribution in [0.4, 0.5) is 11.4 Å². The normalized spacial score (nSPS) is 10.3. The second-order valence-corrected chi connectivity index (χ2v) is 4.79. The molecule has 100 valence electrons. The Morgan fingerprint density at radius 3 is 2.63 bits per heavy atom. The minimum atomic E-state index is 0.505. The van der Waals surface area contributed by atoms with Crippen molar-refractivity contribution in [2.24, 2.45) is 0 Å². The molecule has 0 aliphatic rings. The number of rotatable bonds is 4. The third kappa shape index (κ3) is 3.02. The van der Waals surface area contributed by atoms with Crippen molar-refractivity contribution in [2.75, 3.05) is 19.1 Å². The Labute approximate surface area is 119 Å². The summed E-state index contributed by atoms with van der Waals surface area (Å²) in [5.74, 6) is 1.36. The number of methoxy groups -OCH3 is 1. The van der Waals surface area contributed by atoms with E-state index in [2.05, 4.69) is 36.1 Å². The van der Waals surface area contributed by atoms with Crippen molar-refractivity contribution in [3.05, 3.63) is 53.6 Å². The molecule has 0 bridgehead atoms. The average molecular weight is 276 g/mol. The maximum Gasteiger partial charge on any atom is 0.120 e. The van der Waals surface area contributed by atoms with E-state index in [1.54, 1.807) is 7.11 Å². The van der Waals surface area contributed by atoms with Crippen LogP contribution in [-0.2, 0) is 5.88 Å². The molecule has 3 heteroatoms. The minimum Gasteiger partial charge on any atom is -0.497 e. The molecular formula is C16H18ClNO. The van der Waals surface area contributed by atoms with Crippen LogP contribution in [0.25, 0.3) is 0 Å². The van der Waals surface area contributed by atoms with Gasteiger partial charge in [0, 0.05) is 30.4 Å². The first-order valence-corrected chi connectivity index (χ1v) is 6.72. The lowest BCUT2D eigenvalue weighted by Gasteiger charge is -2.23. The molecule has 0 spiro atoms. The molecule has 0 radical (unpaired) electrons. The van der Waals surface area contributed by atoms with Gasteiger partial charge in [0.05, 0.1) is 7.11 Å². The number of hydrogen-bond acceptors (Lipinski definition) is 2. The molecule has 2 nitrogen and oxygen atoms in total. The lowest BCUT2D eigenvalue weighted by Crippen LogP contribution is -2.11. The van der Waals surface area contributed by atoms with E-state index in [-0.39, 0.29) is 0 Å². The Bertz CT molecular complexity index is 568. The van der Waals surface area contributed by atoms with Crippen LogP contribution in [0.5, 0.6) is 5.75 Å². The zero-order chi connectivity index (χ0) is 13.8. The molecule has 0 heterocycles. The van der Waals surface area contributed by atoms with E-state index in [1.807, 2.05) is 25.2 Å². The minimum absolute atomic E-state index is 0.505. The van der Waals surface area contributed by atoms with Crippen LogP contribution in [0.15, 0.2) is 42.5 Å². The summed E-state index contributed by atoms with van der Waals surface area (Å²) in [6.07, 6.45) is 0. The topological polar surface area (TPSA) is 12.5 Å². The molecule has 0 aromatic heterocycles. The van der Waals surface area contributed by atoms with Crippen LogP contribution >= 0.6 is 11.6 Å². The van der Waals surface area contributed by atoms with Gasteiger partial charge in [-0.15, -0.1) is 11.6 Å². The fourth-order valence-electron chi connectivity index (χ4n) is 2.11. The molecule has 2 aromatic rings. The van der Waals surface area contributed by atoms with Crippen LogP contribution in [0, 0.1) is 6.92 Å². The molecule has 0 saturated carbocycles. The zero-order valence-electron chi connectivity index (χ0n) is 11.5. The van der Waals surface area contributed by atoms with E-state index in [9.17, 15) is 0 Å².